The Morgan fingerprint density at radius 2 is 1.95 bits per heavy atom. The lowest BCUT2D eigenvalue weighted by molar-refractivity contribution is -0.144. The molecule has 20 heavy (non-hydrogen) atoms. The van der Waals surface area contributed by atoms with Gasteiger partial charge in [-0.3, -0.25) is 9.59 Å². The quantitative estimate of drug-likeness (QED) is 0.794. The van der Waals surface area contributed by atoms with E-state index in [0.717, 1.165) is 0 Å². The van der Waals surface area contributed by atoms with E-state index in [1.54, 1.807) is 38.1 Å². The number of ether oxygens (including phenoxy) is 1. The summed E-state index contributed by atoms with van der Waals surface area (Å²) in [6.07, 6.45) is -0.220. The average molecular weight is 279 g/mol. The van der Waals surface area contributed by atoms with Crippen LogP contribution in [0.15, 0.2) is 30.3 Å². The zero-order valence-corrected chi connectivity index (χ0v) is 12.1. The van der Waals surface area contributed by atoms with Gasteiger partial charge < -0.3 is 15.2 Å². The summed E-state index contributed by atoms with van der Waals surface area (Å²) in [7, 11) is 1.44. The lowest BCUT2D eigenvalue weighted by Crippen LogP contribution is -2.48. The fraction of sp³-hybridized carbons (Fsp3) is 0.467. The number of carbonyl (C=O) groups is 2. The Morgan fingerprint density at radius 3 is 2.40 bits per heavy atom. The highest BCUT2D eigenvalue weighted by Gasteiger charge is 2.39. The number of aliphatic carboxylic acids is 1. The van der Waals surface area contributed by atoms with Crippen molar-refractivity contribution in [3.63, 3.8) is 0 Å². The molecular weight excluding hydrogens is 258 g/mol. The van der Waals surface area contributed by atoms with Crippen LogP contribution in [0, 0.1) is 0 Å². The van der Waals surface area contributed by atoms with Crippen molar-refractivity contribution in [1.82, 2.24) is 5.32 Å². The molecule has 2 unspecified atom stereocenters. The summed E-state index contributed by atoms with van der Waals surface area (Å²) in [4.78, 5) is 23.5. The van der Waals surface area contributed by atoms with Crippen LogP contribution in [-0.4, -0.2) is 36.7 Å². The largest absolute Gasteiger partial charge is 0.481 e. The van der Waals surface area contributed by atoms with Crippen molar-refractivity contribution >= 4 is 11.9 Å². The van der Waals surface area contributed by atoms with Crippen LogP contribution < -0.4 is 5.32 Å². The number of rotatable bonds is 7. The number of hydrogen-bond acceptors (Lipinski definition) is 3. The van der Waals surface area contributed by atoms with Crippen molar-refractivity contribution in [3.8, 4) is 0 Å². The van der Waals surface area contributed by atoms with Gasteiger partial charge in [-0.15, -0.1) is 0 Å². The highest BCUT2D eigenvalue weighted by Crippen LogP contribution is 2.27. The van der Waals surface area contributed by atoms with Gasteiger partial charge >= 0.3 is 5.97 Å². The molecule has 0 radical (unpaired) electrons. The zero-order chi connectivity index (χ0) is 15.2. The minimum Gasteiger partial charge on any atom is -0.481 e. The van der Waals surface area contributed by atoms with E-state index in [9.17, 15) is 14.7 Å². The molecule has 2 atom stereocenters. The molecule has 2 N–H and O–H groups in total. The number of methoxy groups -OCH3 is 1. The Labute approximate surface area is 118 Å². The van der Waals surface area contributed by atoms with Crippen molar-refractivity contribution < 1.29 is 19.4 Å². The molecule has 1 aromatic rings. The molecule has 0 heterocycles. The van der Waals surface area contributed by atoms with Crippen molar-refractivity contribution in [2.45, 2.75) is 31.8 Å². The fourth-order valence-corrected chi connectivity index (χ4v) is 2.03. The first kappa shape index (κ1) is 16.2. The Kier molecular flexibility index (Phi) is 5.70. The van der Waals surface area contributed by atoms with Crippen molar-refractivity contribution in [3.05, 3.63) is 35.9 Å². The molecule has 1 amide bonds. The minimum absolute atomic E-state index is 0.0371. The highest BCUT2D eigenvalue weighted by molar-refractivity contribution is 5.84. The van der Waals surface area contributed by atoms with E-state index in [4.69, 9.17) is 4.74 Å². The van der Waals surface area contributed by atoms with Crippen LogP contribution in [-0.2, 0) is 19.7 Å². The van der Waals surface area contributed by atoms with Gasteiger partial charge in [-0.2, -0.15) is 0 Å². The third kappa shape index (κ3) is 3.36. The maximum absolute atomic E-state index is 11.8. The standard InChI is InChI=1S/C15H21NO4/c1-4-15(14(18)19,12-8-6-5-7-9-12)10-16-13(17)11(2)20-3/h5-9,11H,4,10H2,1-3H3,(H,16,17)(H,18,19). The second kappa shape index (κ2) is 7.05. The predicted molar refractivity (Wildman–Crippen MR) is 75.5 cm³/mol. The normalized spacial score (nSPS) is 15.2. The summed E-state index contributed by atoms with van der Waals surface area (Å²) in [6.45, 7) is 3.45. The van der Waals surface area contributed by atoms with E-state index < -0.39 is 17.5 Å². The second-order valence-electron chi connectivity index (χ2n) is 4.70. The van der Waals surface area contributed by atoms with Gasteiger partial charge in [0.2, 0.25) is 5.91 Å². The molecular formula is C15H21NO4. The third-order valence-electron chi connectivity index (χ3n) is 3.63. The van der Waals surface area contributed by atoms with Gasteiger partial charge in [0, 0.05) is 13.7 Å². The molecule has 5 heteroatoms. The lowest BCUT2D eigenvalue weighted by atomic mass is 9.78. The number of benzene rings is 1. The Balaban J connectivity index is 2.97. The highest BCUT2D eigenvalue weighted by atomic mass is 16.5. The molecule has 0 aliphatic heterocycles. The second-order valence-corrected chi connectivity index (χ2v) is 4.70. The molecule has 0 fully saturated rings. The number of carboxylic acid groups (broad SMARTS) is 1. The molecule has 0 spiro atoms. The molecule has 0 aromatic heterocycles. The maximum Gasteiger partial charge on any atom is 0.315 e. The molecule has 110 valence electrons. The van der Waals surface area contributed by atoms with Crippen LogP contribution >= 0.6 is 0 Å². The monoisotopic (exact) mass is 279 g/mol. The zero-order valence-electron chi connectivity index (χ0n) is 12.1. The Hall–Kier alpha value is -1.88. The predicted octanol–water partition coefficient (Wildman–Crippen LogP) is 1.57. The van der Waals surface area contributed by atoms with E-state index in [1.807, 2.05) is 6.07 Å². The van der Waals surface area contributed by atoms with Gasteiger partial charge in [0.1, 0.15) is 11.5 Å². The van der Waals surface area contributed by atoms with Crippen LogP contribution in [0.5, 0.6) is 0 Å². The van der Waals surface area contributed by atoms with Crippen molar-refractivity contribution in [2.75, 3.05) is 13.7 Å². The summed E-state index contributed by atoms with van der Waals surface area (Å²) < 4.78 is 4.92. The van der Waals surface area contributed by atoms with Crippen LogP contribution in [0.2, 0.25) is 0 Å². The van der Waals surface area contributed by atoms with E-state index in [-0.39, 0.29) is 12.5 Å². The molecule has 0 saturated carbocycles. The van der Waals surface area contributed by atoms with E-state index in [0.29, 0.717) is 12.0 Å². The Morgan fingerprint density at radius 1 is 1.35 bits per heavy atom. The van der Waals surface area contributed by atoms with E-state index in [2.05, 4.69) is 5.32 Å². The van der Waals surface area contributed by atoms with Gasteiger partial charge in [-0.25, -0.2) is 0 Å². The maximum atomic E-state index is 11.8. The van der Waals surface area contributed by atoms with Crippen LogP contribution in [0.1, 0.15) is 25.8 Å². The number of hydrogen-bond donors (Lipinski definition) is 2. The van der Waals surface area contributed by atoms with E-state index >= 15 is 0 Å². The number of carbonyl (C=O) groups excluding carboxylic acids is 1. The van der Waals surface area contributed by atoms with Gasteiger partial charge in [0.15, 0.2) is 0 Å². The number of carboxylic acids is 1. The summed E-state index contributed by atoms with van der Waals surface area (Å²) >= 11 is 0. The van der Waals surface area contributed by atoms with Crippen LogP contribution in [0.25, 0.3) is 0 Å². The fourth-order valence-electron chi connectivity index (χ4n) is 2.03. The van der Waals surface area contributed by atoms with Crippen molar-refractivity contribution in [2.24, 2.45) is 0 Å². The number of nitrogens with one attached hydrogen (secondary N) is 1. The topological polar surface area (TPSA) is 75.6 Å². The first-order valence-electron chi connectivity index (χ1n) is 6.57. The third-order valence-corrected chi connectivity index (χ3v) is 3.63. The molecule has 0 aliphatic carbocycles. The lowest BCUT2D eigenvalue weighted by Gasteiger charge is -2.29. The molecule has 1 aromatic carbocycles. The number of amides is 1. The summed E-state index contributed by atoms with van der Waals surface area (Å²) in [5.74, 6) is -1.26. The smallest absolute Gasteiger partial charge is 0.315 e. The van der Waals surface area contributed by atoms with Crippen LogP contribution in [0.4, 0.5) is 0 Å². The molecule has 0 aliphatic rings. The van der Waals surface area contributed by atoms with Gasteiger partial charge in [0.25, 0.3) is 0 Å². The average Bonchev–Trinajstić information content (AvgIpc) is 2.48. The first-order chi connectivity index (χ1) is 9.47. The molecule has 5 nitrogen and oxygen atoms in total. The summed E-state index contributed by atoms with van der Waals surface area (Å²) in [5.41, 5.74) is -0.440. The van der Waals surface area contributed by atoms with Crippen LogP contribution in [0.3, 0.4) is 0 Å². The molecule has 0 bridgehead atoms. The molecule has 0 saturated heterocycles. The molecule has 1 rings (SSSR count). The first-order valence-corrected chi connectivity index (χ1v) is 6.57. The summed E-state index contributed by atoms with van der Waals surface area (Å²) in [5, 5.41) is 12.3. The minimum atomic E-state index is -1.12. The summed E-state index contributed by atoms with van der Waals surface area (Å²) in [6, 6.07) is 8.95. The van der Waals surface area contributed by atoms with Gasteiger partial charge in [-0.05, 0) is 18.9 Å². The van der Waals surface area contributed by atoms with E-state index in [1.165, 1.54) is 7.11 Å². The SMILES string of the molecule is CCC(CNC(=O)C(C)OC)(C(=O)O)c1ccccc1. The van der Waals surface area contributed by atoms with Gasteiger partial charge in [-0.1, -0.05) is 37.3 Å². The van der Waals surface area contributed by atoms with Crippen molar-refractivity contribution in [1.29, 1.82) is 0 Å². The van der Waals surface area contributed by atoms with Gasteiger partial charge in [0.05, 0.1) is 0 Å². The Bertz CT molecular complexity index is 460.